The van der Waals surface area contributed by atoms with Gasteiger partial charge in [0.05, 0.1) is 0 Å². The molecule has 0 aromatic heterocycles. The van der Waals surface area contributed by atoms with E-state index in [1.165, 1.54) is 0 Å². The zero-order chi connectivity index (χ0) is 15.5. The van der Waals surface area contributed by atoms with Crippen LogP contribution >= 0.6 is 11.6 Å². The lowest BCUT2D eigenvalue weighted by Crippen LogP contribution is -2.46. The van der Waals surface area contributed by atoms with Gasteiger partial charge in [-0.3, -0.25) is 9.59 Å². The van der Waals surface area contributed by atoms with E-state index in [0.717, 1.165) is 5.56 Å². The molecule has 1 aromatic carbocycles. The Balaban J connectivity index is 2.71. The molecular formula is C15H21ClN2O2. The lowest BCUT2D eigenvalue weighted by atomic mass is 9.95. The molecule has 5 heteroatoms. The topological polar surface area (TPSA) is 58.2 Å². The van der Waals surface area contributed by atoms with Crippen molar-refractivity contribution in [2.24, 2.45) is 5.41 Å². The number of carbonyl (C=O) groups excluding carboxylic acids is 2. The molecule has 0 fully saturated rings. The summed E-state index contributed by atoms with van der Waals surface area (Å²) in [6, 6.07) is 4.67. The molecule has 1 aromatic rings. The maximum Gasteiger partial charge on any atom is 0.246 e. The van der Waals surface area contributed by atoms with Crippen LogP contribution in [0, 0.1) is 12.3 Å². The number of hydrogen-bond acceptors (Lipinski definition) is 2. The number of aryl methyl sites for hydroxylation is 1. The van der Waals surface area contributed by atoms with Crippen LogP contribution in [0.1, 0.15) is 33.3 Å². The van der Waals surface area contributed by atoms with E-state index >= 15 is 0 Å². The lowest BCUT2D eigenvalue weighted by molar-refractivity contribution is -0.131. The highest BCUT2D eigenvalue weighted by molar-refractivity contribution is 6.31. The second-order valence-corrected chi connectivity index (χ2v) is 6.33. The molecule has 0 bridgehead atoms. The minimum atomic E-state index is -0.611. The van der Waals surface area contributed by atoms with Gasteiger partial charge in [0.2, 0.25) is 11.8 Å². The van der Waals surface area contributed by atoms with Gasteiger partial charge in [-0.15, -0.1) is 0 Å². The fourth-order valence-electron chi connectivity index (χ4n) is 1.45. The summed E-state index contributed by atoms with van der Waals surface area (Å²) in [6.45, 7) is 8.93. The number of carbonyl (C=O) groups is 2. The van der Waals surface area contributed by atoms with Crippen molar-refractivity contribution in [3.8, 4) is 0 Å². The summed E-state index contributed by atoms with van der Waals surface area (Å²) >= 11 is 5.90. The van der Waals surface area contributed by atoms with Gasteiger partial charge in [-0.05, 0) is 31.5 Å². The van der Waals surface area contributed by atoms with E-state index in [0.29, 0.717) is 10.7 Å². The summed E-state index contributed by atoms with van der Waals surface area (Å²) in [4.78, 5) is 23.9. The molecule has 2 N–H and O–H groups in total. The molecule has 0 unspecified atom stereocenters. The Labute approximate surface area is 124 Å². The quantitative estimate of drug-likeness (QED) is 0.900. The first kappa shape index (κ1) is 16.5. The zero-order valence-corrected chi connectivity index (χ0v) is 13.3. The van der Waals surface area contributed by atoms with Crippen molar-refractivity contribution in [2.75, 3.05) is 5.32 Å². The lowest BCUT2D eigenvalue weighted by Gasteiger charge is -2.21. The summed E-state index contributed by atoms with van der Waals surface area (Å²) in [7, 11) is 0. The van der Waals surface area contributed by atoms with Crippen LogP contribution < -0.4 is 10.6 Å². The van der Waals surface area contributed by atoms with Gasteiger partial charge in [0.25, 0.3) is 0 Å². The molecule has 1 atom stereocenters. The fourth-order valence-corrected chi connectivity index (χ4v) is 1.62. The number of anilines is 1. The highest BCUT2D eigenvalue weighted by Gasteiger charge is 2.25. The first-order chi connectivity index (χ1) is 9.11. The highest BCUT2D eigenvalue weighted by Crippen LogP contribution is 2.20. The van der Waals surface area contributed by atoms with Gasteiger partial charge in [0, 0.05) is 16.1 Å². The fraction of sp³-hybridized carbons (Fsp3) is 0.467. The zero-order valence-electron chi connectivity index (χ0n) is 12.5. The summed E-state index contributed by atoms with van der Waals surface area (Å²) in [6.07, 6.45) is 0. The van der Waals surface area contributed by atoms with Crippen molar-refractivity contribution in [2.45, 2.75) is 40.7 Å². The smallest absolute Gasteiger partial charge is 0.246 e. The van der Waals surface area contributed by atoms with Crippen LogP contribution in [0.25, 0.3) is 0 Å². The number of nitrogens with one attached hydrogen (secondary N) is 2. The van der Waals surface area contributed by atoms with Gasteiger partial charge in [0.15, 0.2) is 0 Å². The number of halogens is 1. The summed E-state index contributed by atoms with van der Waals surface area (Å²) in [5.41, 5.74) is 1.04. The Morgan fingerprint density at radius 3 is 2.40 bits per heavy atom. The molecular weight excluding hydrogens is 276 g/mol. The first-order valence-corrected chi connectivity index (χ1v) is 6.87. The molecule has 0 aliphatic heterocycles. The molecule has 0 spiro atoms. The minimum Gasteiger partial charge on any atom is -0.344 e. The number of hydrogen-bond donors (Lipinski definition) is 2. The maximum atomic E-state index is 12.1. The third-order valence-corrected chi connectivity index (χ3v) is 3.11. The highest BCUT2D eigenvalue weighted by atomic mass is 35.5. The average molecular weight is 297 g/mol. The van der Waals surface area contributed by atoms with Gasteiger partial charge >= 0.3 is 0 Å². The largest absolute Gasteiger partial charge is 0.344 e. The SMILES string of the molecule is Cc1ccc(Cl)cc1NC(=O)[C@@H](C)NC(=O)C(C)(C)C. The number of benzene rings is 1. The van der Waals surface area contributed by atoms with Crippen molar-refractivity contribution in [3.05, 3.63) is 28.8 Å². The van der Waals surface area contributed by atoms with E-state index in [1.54, 1.807) is 39.8 Å². The van der Waals surface area contributed by atoms with E-state index in [4.69, 9.17) is 11.6 Å². The third kappa shape index (κ3) is 4.53. The van der Waals surface area contributed by atoms with E-state index in [1.807, 2.05) is 13.0 Å². The van der Waals surface area contributed by atoms with Gasteiger partial charge in [-0.2, -0.15) is 0 Å². The molecule has 0 saturated heterocycles. The minimum absolute atomic E-state index is 0.164. The Morgan fingerprint density at radius 1 is 1.25 bits per heavy atom. The summed E-state index contributed by atoms with van der Waals surface area (Å²) < 4.78 is 0. The molecule has 110 valence electrons. The molecule has 2 amide bonds. The number of rotatable bonds is 3. The Morgan fingerprint density at radius 2 is 1.85 bits per heavy atom. The van der Waals surface area contributed by atoms with Crippen molar-refractivity contribution >= 4 is 29.1 Å². The van der Waals surface area contributed by atoms with Crippen molar-refractivity contribution < 1.29 is 9.59 Å². The summed E-state index contributed by atoms with van der Waals surface area (Å²) in [5.74, 6) is -0.434. The van der Waals surface area contributed by atoms with E-state index in [-0.39, 0.29) is 11.8 Å². The van der Waals surface area contributed by atoms with E-state index in [2.05, 4.69) is 10.6 Å². The molecule has 0 radical (unpaired) electrons. The van der Waals surface area contributed by atoms with Crippen molar-refractivity contribution in [3.63, 3.8) is 0 Å². The Bertz CT molecular complexity index is 521. The Kier molecular flexibility index (Phi) is 5.17. The van der Waals surface area contributed by atoms with Crippen LogP contribution in [0.4, 0.5) is 5.69 Å². The van der Waals surface area contributed by atoms with Crippen LogP contribution in [0.3, 0.4) is 0 Å². The van der Waals surface area contributed by atoms with Gasteiger partial charge in [0.1, 0.15) is 6.04 Å². The van der Waals surface area contributed by atoms with E-state index in [9.17, 15) is 9.59 Å². The van der Waals surface area contributed by atoms with Gasteiger partial charge in [-0.25, -0.2) is 0 Å². The van der Waals surface area contributed by atoms with Crippen LogP contribution in [0.5, 0.6) is 0 Å². The standard InChI is InChI=1S/C15H21ClN2O2/c1-9-6-7-11(16)8-12(9)18-13(19)10(2)17-14(20)15(3,4)5/h6-8,10H,1-5H3,(H,17,20)(H,18,19)/t10-/m1/s1. The molecule has 0 aliphatic rings. The maximum absolute atomic E-state index is 12.1. The molecule has 1 rings (SSSR count). The molecule has 0 heterocycles. The van der Waals surface area contributed by atoms with Crippen molar-refractivity contribution in [1.82, 2.24) is 5.32 Å². The molecule has 4 nitrogen and oxygen atoms in total. The average Bonchev–Trinajstić information content (AvgIpc) is 2.32. The number of amides is 2. The van der Waals surface area contributed by atoms with Gasteiger partial charge < -0.3 is 10.6 Å². The van der Waals surface area contributed by atoms with Crippen LogP contribution in [-0.2, 0) is 9.59 Å². The molecule has 0 aliphatic carbocycles. The van der Waals surface area contributed by atoms with Crippen LogP contribution in [0.15, 0.2) is 18.2 Å². The predicted octanol–water partition coefficient (Wildman–Crippen LogP) is 3.14. The predicted molar refractivity (Wildman–Crippen MR) is 81.9 cm³/mol. The second-order valence-electron chi connectivity index (χ2n) is 5.89. The normalized spacial score (nSPS) is 12.7. The second kappa shape index (κ2) is 6.27. The van der Waals surface area contributed by atoms with E-state index < -0.39 is 11.5 Å². The van der Waals surface area contributed by atoms with Crippen LogP contribution in [0.2, 0.25) is 5.02 Å². The van der Waals surface area contributed by atoms with Gasteiger partial charge in [-0.1, -0.05) is 38.4 Å². The third-order valence-electron chi connectivity index (χ3n) is 2.88. The molecule has 20 heavy (non-hydrogen) atoms. The Hall–Kier alpha value is -1.55. The summed E-state index contributed by atoms with van der Waals surface area (Å²) in [5, 5.41) is 6.01. The first-order valence-electron chi connectivity index (χ1n) is 6.49. The van der Waals surface area contributed by atoms with Crippen molar-refractivity contribution in [1.29, 1.82) is 0 Å². The van der Waals surface area contributed by atoms with Crippen LogP contribution in [-0.4, -0.2) is 17.9 Å². The monoisotopic (exact) mass is 296 g/mol. The molecule has 0 saturated carbocycles.